The van der Waals surface area contributed by atoms with E-state index in [1.165, 1.54) is 0 Å². The van der Waals surface area contributed by atoms with Gasteiger partial charge in [0.2, 0.25) is 11.8 Å². The first-order chi connectivity index (χ1) is 11.7. The summed E-state index contributed by atoms with van der Waals surface area (Å²) in [6, 6.07) is 0. The zero-order valence-corrected chi connectivity index (χ0v) is 14.0. The van der Waals surface area contributed by atoms with Crippen molar-refractivity contribution in [2.45, 2.75) is 32.1 Å². The number of rotatable bonds is 5. The molecule has 3 rings (SSSR count). The summed E-state index contributed by atoms with van der Waals surface area (Å²) in [7, 11) is 0. The van der Waals surface area contributed by atoms with E-state index in [9.17, 15) is 9.59 Å². The summed E-state index contributed by atoms with van der Waals surface area (Å²) in [5, 5.41) is 2.93. The molecule has 7 nitrogen and oxygen atoms in total. The van der Waals surface area contributed by atoms with Crippen molar-refractivity contribution in [2.75, 3.05) is 37.6 Å². The lowest BCUT2D eigenvalue weighted by Crippen LogP contribution is -2.44. The van der Waals surface area contributed by atoms with Gasteiger partial charge >= 0.3 is 0 Å². The average Bonchev–Trinajstić information content (AvgIpc) is 3.17. The minimum Gasteiger partial charge on any atom is -0.355 e. The molecule has 2 aliphatic rings. The molecule has 2 fully saturated rings. The number of likely N-dealkylation sites (tertiary alicyclic amines) is 1. The fourth-order valence-electron chi connectivity index (χ4n) is 3.42. The van der Waals surface area contributed by atoms with E-state index in [2.05, 4.69) is 20.2 Å². The van der Waals surface area contributed by atoms with Crippen LogP contribution in [0.1, 0.15) is 32.1 Å². The van der Waals surface area contributed by atoms with E-state index in [4.69, 9.17) is 0 Å². The van der Waals surface area contributed by atoms with Gasteiger partial charge in [0, 0.05) is 51.5 Å². The van der Waals surface area contributed by atoms with Gasteiger partial charge in [0.05, 0.1) is 12.1 Å². The van der Waals surface area contributed by atoms with E-state index in [1.807, 2.05) is 4.90 Å². The van der Waals surface area contributed by atoms with Gasteiger partial charge in [-0.25, -0.2) is 4.98 Å². The normalized spacial score (nSPS) is 20.9. The SMILES string of the molecule is O=C(NCCC(=O)N1CCCC1)C1CCCN(c2cnccn2)C1. The standard InChI is InChI=1S/C17H25N5O2/c23-16(21-9-1-2-10-21)5-6-20-17(24)14-4-3-11-22(13-14)15-12-18-7-8-19-15/h7-8,12,14H,1-6,9-11,13H2,(H,20,24). The van der Waals surface area contributed by atoms with E-state index in [0.717, 1.165) is 51.1 Å². The Balaban J connectivity index is 1.43. The quantitative estimate of drug-likeness (QED) is 0.864. The Kier molecular flexibility index (Phi) is 5.61. The molecule has 130 valence electrons. The number of aromatic nitrogens is 2. The number of nitrogens with one attached hydrogen (secondary N) is 1. The lowest BCUT2D eigenvalue weighted by Gasteiger charge is -2.32. The van der Waals surface area contributed by atoms with Crippen molar-refractivity contribution in [3.8, 4) is 0 Å². The van der Waals surface area contributed by atoms with Crippen LogP contribution >= 0.6 is 0 Å². The second kappa shape index (κ2) is 8.08. The number of piperidine rings is 1. The molecule has 1 aromatic rings. The summed E-state index contributed by atoms with van der Waals surface area (Å²) in [5.41, 5.74) is 0. The molecular formula is C17H25N5O2. The molecule has 0 radical (unpaired) electrons. The topological polar surface area (TPSA) is 78.4 Å². The van der Waals surface area contributed by atoms with Crippen molar-refractivity contribution in [1.29, 1.82) is 0 Å². The number of carbonyl (C=O) groups is 2. The van der Waals surface area contributed by atoms with Crippen molar-refractivity contribution in [3.63, 3.8) is 0 Å². The van der Waals surface area contributed by atoms with Crippen LogP contribution < -0.4 is 10.2 Å². The van der Waals surface area contributed by atoms with Gasteiger partial charge in [-0.1, -0.05) is 0 Å². The van der Waals surface area contributed by atoms with Gasteiger partial charge in [0.25, 0.3) is 0 Å². The zero-order valence-electron chi connectivity index (χ0n) is 14.0. The highest BCUT2D eigenvalue weighted by Crippen LogP contribution is 2.21. The number of nitrogens with zero attached hydrogens (tertiary/aromatic N) is 4. The predicted molar refractivity (Wildman–Crippen MR) is 90.4 cm³/mol. The van der Waals surface area contributed by atoms with Crippen molar-refractivity contribution in [2.24, 2.45) is 5.92 Å². The highest BCUT2D eigenvalue weighted by atomic mass is 16.2. The molecular weight excluding hydrogens is 306 g/mol. The van der Waals surface area contributed by atoms with Gasteiger partial charge in [0.1, 0.15) is 5.82 Å². The Bertz CT molecular complexity index is 559. The van der Waals surface area contributed by atoms with Crippen LogP contribution in [0.15, 0.2) is 18.6 Å². The van der Waals surface area contributed by atoms with E-state index >= 15 is 0 Å². The number of hydrogen-bond donors (Lipinski definition) is 1. The van der Waals surface area contributed by atoms with Crippen LogP contribution in [0.5, 0.6) is 0 Å². The summed E-state index contributed by atoms with van der Waals surface area (Å²) in [5.74, 6) is 0.956. The summed E-state index contributed by atoms with van der Waals surface area (Å²) in [6.07, 6.45) is 9.47. The van der Waals surface area contributed by atoms with E-state index in [0.29, 0.717) is 19.5 Å². The third-order valence-electron chi connectivity index (χ3n) is 4.76. The van der Waals surface area contributed by atoms with Crippen LogP contribution in [0.2, 0.25) is 0 Å². The molecule has 24 heavy (non-hydrogen) atoms. The lowest BCUT2D eigenvalue weighted by molar-refractivity contribution is -0.130. The number of carbonyl (C=O) groups excluding carboxylic acids is 2. The van der Waals surface area contributed by atoms with Crippen LogP contribution in [0.25, 0.3) is 0 Å². The summed E-state index contributed by atoms with van der Waals surface area (Å²) < 4.78 is 0. The van der Waals surface area contributed by atoms with Gasteiger partial charge in [-0.3, -0.25) is 14.6 Å². The van der Waals surface area contributed by atoms with E-state index in [1.54, 1.807) is 18.6 Å². The first kappa shape index (κ1) is 16.7. The lowest BCUT2D eigenvalue weighted by atomic mass is 9.97. The predicted octanol–water partition coefficient (Wildman–Crippen LogP) is 0.822. The molecule has 0 spiro atoms. The maximum Gasteiger partial charge on any atom is 0.224 e. The largest absolute Gasteiger partial charge is 0.355 e. The molecule has 1 unspecified atom stereocenters. The van der Waals surface area contributed by atoms with Gasteiger partial charge in [-0.2, -0.15) is 0 Å². The van der Waals surface area contributed by atoms with Crippen LogP contribution in [0.3, 0.4) is 0 Å². The molecule has 0 saturated carbocycles. The molecule has 0 bridgehead atoms. The third kappa shape index (κ3) is 4.21. The van der Waals surface area contributed by atoms with Gasteiger partial charge in [0.15, 0.2) is 0 Å². The molecule has 7 heteroatoms. The first-order valence-corrected chi connectivity index (χ1v) is 8.80. The molecule has 1 atom stereocenters. The van der Waals surface area contributed by atoms with Crippen molar-refractivity contribution < 1.29 is 9.59 Å². The van der Waals surface area contributed by atoms with Crippen molar-refractivity contribution in [3.05, 3.63) is 18.6 Å². The zero-order chi connectivity index (χ0) is 16.8. The second-order valence-corrected chi connectivity index (χ2v) is 6.48. The molecule has 2 saturated heterocycles. The third-order valence-corrected chi connectivity index (χ3v) is 4.76. The molecule has 3 heterocycles. The minimum atomic E-state index is -0.0531. The Labute approximate surface area is 142 Å². The Morgan fingerprint density at radius 3 is 2.75 bits per heavy atom. The maximum absolute atomic E-state index is 12.4. The number of hydrogen-bond acceptors (Lipinski definition) is 5. The van der Waals surface area contributed by atoms with Crippen LogP contribution in [-0.2, 0) is 9.59 Å². The Hall–Kier alpha value is -2.18. The fourth-order valence-corrected chi connectivity index (χ4v) is 3.42. The molecule has 0 aromatic carbocycles. The highest BCUT2D eigenvalue weighted by molar-refractivity contribution is 5.81. The van der Waals surface area contributed by atoms with Gasteiger partial charge in [-0.15, -0.1) is 0 Å². The summed E-state index contributed by atoms with van der Waals surface area (Å²) >= 11 is 0. The van der Waals surface area contributed by atoms with Gasteiger partial charge in [-0.05, 0) is 25.7 Å². The average molecular weight is 331 g/mol. The highest BCUT2D eigenvalue weighted by Gasteiger charge is 2.26. The van der Waals surface area contributed by atoms with Crippen LogP contribution in [0.4, 0.5) is 5.82 Å². The van der Waals surface area contributed by atoms with Gasteiger partial charge < -0.3 is 15.1 Å². The summed E-state index contributed by atoms with van der Waals surface area (Å²) in [6.45, 7) is 3.71. The first-order valence-electron chi connectivity index (χ1n) is 8.80. The van der Waals surface area contributed by atoms with Crippen molar-refractivity contribution >= 4 is 17.6 Å². The van der Waals surface area contributed by atoms with Crippen LogP contribution in [-0.4, -0.2) is 59.4 Å². The molecule has 2 aliphatic heterocycles. The second-order valence-electron chi connectivity index (χ2n) is 6.48. The molecule has 1 N–H and O–H groups in total. The number of anilines is 1. The summed E-state index contributed by atoms with van der Waals surface area (Å²) in [4.78, 5) is 36.8. The Morgan fingerprint density at radius 1 is 1.17 bits per heavy atom. The minimum absolute atomic E-state index is 0.0396. The number of amides is 2. The Morgan fingerprint density at radius 2 is 2.00 bits per heavy atom. The maximum atomic E-state index is 12.4. The molecule has 0 aliphatic carbocycles. The molecule has 2 amide bonds. The van der Waals surface area contributed by atoms with Crippen LogP contribution in [0, 0.1) is 5.92 Å². The fraction of sp³-hybridized carbons (Fsp3) is 0.647. The van der Waals surface area contributed by atoms with Crippen molar-refractivity contribution in [1.82, 2.24) is 20.2 Å². The smallest absolute Gasteiger partial charge is 0.224 e. The van der Waals surface area contributed by atoms with E-state index in [-0.39, 0.29) is 17.7 Å². The monoisotopic (exact) mass is 331 g/mol. The van der Waals surface area contributed by atoms with E-state index < -0.39 is 0 Å². The molecule has 1 aromatic heterocycles.